The van der Waals surface area contributed by atoms with Gasteiger partial charge in [-0.05, 0) is 19.3 Å². The van der Waals surface area contributed by atoms with Crippen LogP contribution in [0.5, 0.6) is 0 Å². The molecule has 0 rings (SSSR count). The molecule has 0 fully saturated rings. The van der Waals surface area contributed by atoms with Crippen LogP contribution in [-0.4, -0.2) is 23.3 Å². The highest BCUT2D eigenvalue weighted by molar-refractivity contribution is 5.77. The lowest BCUT2D eigenvalue weighted by atomic mass is 9.95. The smallest absolute Gasteiger partial charge is 0.335 e. The number of rotatable bonds is 7. The Balaban J connectivity index is 4.35. The number of hydrogen-bond acceptors (Lipinski definition) is 2. The Hall–Kier alpha value is -0.570. The largest absolute Gasteiger partial charge is 0.479 e. The number of ether oxygens (including phenoxy) is 1. The Morgan fingerprint density at radius 2 is 1.92 bits per heavy atom. The van der Waals surface area contributed by atoms with Gasteiger partial charge >= 0.3 is 5.97 Å². The maximum Gasteiger partial charge on any atom is 0.335 e. The first-order valence-corrected chi connectivity index (χ1v) is 5.00. The molecule has 0 aromatic heterocycles. The SMILES string of the molecule is CCCOC(CC)(CCC)C(=O)O. The zero-order chi connectivity index (χ0) is 10.3. The van der Waals surface area contributed by atoms with Gasteiger partial charge in [-0.15, -0.1) is 0 Å². The van der Waals surface area contributed by atoms with Gasteiger partial charge < -0.3 is 9.84 Å². The topological polar surface area (TPSA) is 46.5 Å². The summed E-state index contributed by atoms with van der Waals surface area (Å²) in [6.07, 6.45) is 2.83. The average molecular weight is 188 g/mol. The van der Waals surface area contributed by atoms with E-state index in [2.05, 4.69) is 0 Å². The van der Waals surface area contributed by atoms with E-state index < -0.39 is 11.6 Å². The summed E-state index contributed by atoms with van der Waals surface area (Å²) in [6, 6.07) is 0. The van der Waals surface area contributed by atoms with Crippen molar-refractivity contribution < 1.29 is 14.6 Å². The van der Waals surface area contributed by atoms with E-state index in [1.54, 1.807) is 0 Å². The predicted octanol–water partition coefficient (Wildman–Crippen LogP) is 2.45. The quantitative estimate of drug-likeness (QED) is 0.667. The van der Waals surface area contributed by atoms with Crippen LogP contribution >= 0.6 is 0 Å². The lowest BCUT2D eigenvalue weighted by Gasteiger charge is -2.27. The van der Waals surface area contributed by atoms with E-state index in [4.69, 9.17) is 9.84 Å². The fourth-order valence-electron chi connectivity index (χ4n) is 1.37. The van der Waals surface area contributed by atoms with Gasteiger partial charge in [-0.3, -0.25) is 0 Å². The molecule has 3 heteroatoms. The van der Waals surface area contributed by atoms with E-state index in [9.17, 15) is 4.79 Å². The predicted molar refractivity (Wildman–Crippen MR) is 51.8 cm³/mol. The molecular weight excluding hydrogens is 168 g/mol. The van der Waals surface area contributed by atoms with Gasteiger partial charge in [0.25, 0.3) is 0 Å². The van der Waals surface area contributed by atoms with Gasteiger partial charge in [0.2, 0.25) is 0 Å². The van der Waals surface area contributed by atoms with E-state index in [-0.39, 0.29) is 0 Å². The van der Waals surface area contributed by atoms with E-state index in [0.717, 1.165) is 12.8 Å². The van der Waals surface area contributed by atoms with Crippen LogP contribution in [-0.2, 0) is 9.53 Å². The van der Waals surface area contributed by atoms with Crippen molar-refractivity contribution in [1.82, 2.24) is 0 Å². The van der Waals surface area contributed by atoms with Crippen molar-refractivity contribution >= 4 is 5.97 Å². The van der Waals surface area contributed by atoms with Gasteiger partial charge in [0.15, 0.2) is 5.60 Å². The molecule has 0 aliphatic rings. The maximum atomic E-state index is 11.0. The van der Waals surface area contributed by atoms with Gasteiger partial charge in [0, 0.05) is 6.61 Å². The van der Waals surface area contributed by atoms with Crippen molar-refractivity contribution in [2.24, 2.45) is 0 Å². The fourth-order valence-corrected chi connectivity index (χ4v) is 1.37. The molecule has 0 bridgehead atoms. The maximum absolute atomic E-state index is 11.0. The van der Waals surface area contributed by atoms with E-state index >= 15 is 0 Å². The molecule has 3 nitrogen and oxygen atoms in total. The fraction of sp³-hybridized carbons (Fsp3) is 0.900. The number of carbonyl (C=O) groups is 1. The first-order valence-electron chi connectivity index (χ1n) is 5.00. The number of carboxylic acids is 1. The van der Waals surface area contributed by atoms with Crippen LogP contribution in [0, 0.1) is 0 Å². The molecule has 0 saturated carbocycles. The first kappa shape index (κ1) is 12.4. The summed E-state index contributed by atoms with van der Waals surface area (Å²) >= 11 is 0. The second kappa shape index (κ2) is 5.97. The van der Waals surface area contributed by atoms with Crippen molar-refractivity contribution in [3.05, 3.63) is 0 Å². The highest BCUT2D eigenvalue weighted by atomic mass is 16.5. The molecule has 0 aromatic rings. The van der Waals surface area contributed by atoms with Crippen molar-refractivity contribution in [2.45, 2.75) is 52.1 Å². The Bertz CT molecular complexity index is 156. The minimum Gasteiger partial charge on any atom is -0.479 e. The van der Waals surface area contributed by atoms with E-state index in [0.29, 0.717) is 19.4 Å². The van der Waals surface area contributed by atoms with Gasteiger partial charge in [-0.25, -0.2) is 4.79 Å². The van der Waals surface area contributed by atoms with E-state index in [1.165, 1.54) is 0 Å². The lowest BCUT2D eigenvalue weighted by molar-refractivity contribution is -0.168. The third-order valence-electron chi connectivity index (χ3n) is 2.20. The standard InChI is InChI=1S/C10H20O3/c1-4-7-10(6-3,9(11)12)13-8-5-2/h4-8H2,1-3H3,(H,11,12). The Labute approximate surface area is 80.1 Å². The number of carboxylic acid groups (broad SMARTS) is 1. The molecule has 0 radical (unpaired) electrons. The molecule has 0 heterocycles. The number of aliphatic carboxylic acids is 1. The van der Waals surface area contributed by atoms with Crippen LogP contribution in [0.1, 0.15) is 46.5 Å². The summed E-state index contributed by atoms with van der Waals surface area (Å²) in [5, 5.41) is 9.06. The highest BCUT2D eigenvalue weighted by Gasteiger charge is 2.36. The van der Waals surface area contributed by atoms with Gasteiger partial charge in [-0.1, -0.05) is 27.2 Å². The third-order valence-corrected chi connectivity index (χ3v) is 2.20. The molecule has 78 valence electrons. The molecule has 1 atom stereocenters. The molecule has 1 unspecified atom stereocenters. The Morgan fingerprint density at radius 3 is 2.23 bits per heavy atom. The summed E-state index contributed by atoms with van der Waals surface area (Å²) in [5.41, 5.74) is -0.940. The van der Waals surface area contributed by atoms with Crippen molar-refractivity contribution in [3.63, 3.8) is 0 Å². The van der Waals surface area contributed by atoms with Gasteiger partial charge in [-0.2, -0.15) is 0 Å². The zero-order valence-corrected chi connectivity index (χ0v) is 8.80. The van der Waals surface area contributed by atoms with E-state index in [1.807, 2.05) is 20.8 Å². The molecule has 0 amide bonds. The highest BCUT2D eigenvalue weighted by Crippen LogP contribution is 2.23. The Kier molecular flexibility index (Phi) is 5.71. The van der Waals surface area contributed by atoms with Crippen LogP contribution in [0.2, 0.25) is 0 Å². The second-order valence-electron chi connectivity index (χ2n) is 3.25. The molecule has 1 N–H and O–H groups in total. The van der Waals surface area contributed by atoms with Crippen LogP contribution in [0.3, 0.4) is 0 Å². The summed E-state index contributed by atoms with van der Waals surface area (Å²) < 4.78 is 5.43. The molecule has 0 spiro atoms. The summed E-state index contributed by atoms with van der Waals surface area (Å²) in [4.78, 5) is 11.0. The second-order valence-corrected chi connectivity index (χ2v) is 3.25. The van der Waals surface area contributed by atoms with Crippen molar-refractivity contribution in [2.75, 3.05) is 6.61 Å². The molecule has 0 aliphatic carbocycles. The van der Waals surface area contributed by atoms with Crippen LogP contribution < -0.4 is 0 Å². The minimum absolute atomic E-state index is 0.528. The summed E-state index contributed by atoms with van der Waals surface area (Å²) in [6.45, 7) is 6.34. The van der Waals surface area contributed by atoms with Crippen LogP contribution in [0.4, 0.5) is 0 Å². The molecular formula is C10H20O3. The number of hydrogen-bond donors (Lipinski definition) is 1. The average Bonchev–Trinajstić information content (AvgIpc) is 2.12. The zero-order valence-electron chi connectivity index (χ0n) is 8.80. The first-order chi connectivity index (χ1) is 6.13. The lowest BCUT2D eigenvalue weighted by Crippen LogP contribution is -2.41. The normalized spacial score (nSPS) is 15.3. The van der Waals surface area contributed by atoms with Crippen LogP contribution in [0.15, 0.2) is 0 Å². The molecule has 13 heavy (non-hydrogen) atoms. The van der Waals surface area contributed by atoms with Gasteiger partial charge in [0.05, 0.1) is 0 Å². The van der Waals surface area contributed by atoms with Crippen molar-refractivity contribution in [3.8, 4) is 0 Å². The van der Waals surface area contributed by atoms with Crippen molar-refractivity contribution in [1.29, 1.82) is 0 Å². The summed E-state index contributed by atoms with van der Waals surface area (Å²) in [7, 11) is 0. The minimum atomic E-state index is -0.940. The third kappa shape index (κ3) is 3.35. The molecule has 0 aromatic carbocycles. The molecule has 0 saturated heterocycles. The monoisotopic (exact) mass is 188 g/mol. The Morgan fingerprint density at radius 1 is 1.31 bits per heavy atom. The molecule has 0 aliphatic heterocycles. The van der Waals surface area contributed by atoms with Gasteiger partial charge in [0.1, 0.15) is 0 Å². The summed E-state index contributed by atoms with van der Waals surface area (Å²) in [5.74, 6) is -0.828. The van der Waals surface area contributed by atoms with Crippen LogP contribution in [0.25, 0.3) is 0 Å².